The Morgan fingerprint density at radius 3 is 2.50 bits per heavy atom. The number of aryl methyl sites for hydroxylation is 2. The van der Waals surface area contributed by atoms with Gasteiger partial charge >= 0.3 is 0 Å². The normalized spacial score (nSPS) is 10.5. The molecule has 1 aromatic heterocycles. The Morgan fingerprint density at radius 2 is 1.79 bits per heavy atom. The Hall–Kier alpha value is -2.86. The molecule has 1 amide bonds. The molecular weight excluding hydrogens is 326 g/mol. The van der Waals surface area contributed by atoms with Crippen LogP contribution in [0.5, 0.6) is 0 Å². The average molecular weight is 342 g/mol. The average Bonchev–Trinajstić information content (AvgIpc) is 2.99. The van der Waals surface area contributed by atoms with Crippen molar-refractivity contribution in [1.29, 1.82) is 0 Å². The van der Waals surface area contributed by atoms with Gasteiger partial charge in [-0.25, -0.2) is 0 Å². The largest absolute Gasteiger partial charge is 0.337 e. The standard InChI is InChI=1S/C17H16ClN5O/c1-10-5-3-6-11(2)14(10)20-17(24)15-16(22-23-21-15)19-13-8-4-7-12(18)9-13/h3-9H,1-2H3,(H,20,24)(H2,19,21,22,23). The third kappa shape index (κ3) is 3.38. The highest BCUT2D eigenvalue weighted by atomic mass is 35.5. The summed E-state index contributed by atoms with van der Waals surface area (Å²) >= 11 is 5.97. The first-order valence-corrected chi connectivity index (χ1v) is 7.73. The SMILES string of the molecule is Cc1cccc(C)c1NC(=O)c1n[nH]nc1Nc1cccc(Cl)c1. The molecule has 0 aliphatic heterocycles. The van der Waals surface area contributed by atoms with Crippen molar-refractivity contribution in [2.45, 2.75) is 13.8 Å². The summed E-state index contributed by atoms with van der Waals surface area (Å²) in [4.78, 5) is 12.6. The second-order valence-corrected chi connectivity index (χ2v) is 5.81. The molecule has 0 aliphatic rings. The molecule has 0 aliphatic carbocycles. The van der Waals surface area contributed by atoms with Gasteiger partial charge in [-0.1, -0.05) is 35.9 Å². The van der Waals surface area contributed by atoms with Gasteiger partial charge in [0.1, 0.15) is 0 Å². The number of hydrogen-bond donors (Lipinski definition) is 3. The molecule has 0 saturated carbocycles. The number of H-pyrrole nitrogens is 1. The van der Waals surface area contributed by atoms with Gasteiger partial charge in [-0.2, -0.15) is 5.21 Å². The second kappa shape index (κ2) is 6.72. The molecule has 2 aromatic carbocycles. The van der Waals surface area contributed by atoms with Gasteiger partial charge in [-0.3, -0.25) is 4.79 Å². The van der Waals surface area contributed by atoms with E-state index in [4.69, 9.17) is 11.6 Å². The molecule has 7 heteroatoms. The van der Waals surface area contributed by atoms with E-state index in [2.05, 4.69) is 26.0 Å². The molecule has 1 heterocycles. The lowest BCUT2D eigenvalue weighted by molar-refractivity contribution is 0.102. The highest BCUT2D eigenvalue weighted by Crippen LogP contribution is 2.23. The first kappa shape index (κ1) is 16.0. The summed E-state index contributed by atoms with van der Waals surface area (Å²) < 4.78 is 0. The number of benzene rings is 2. The molecule has 3 aromatic rings. The van der Waals surface area contributed by atoms with Crippen LogP contribution in [0.4, 0.5) is 17.2 Å². The number of rotatable bonds is 4. The van der Waals surface area contributed by atoms with Crippen molar-refractivity contribution in [1.82, 2.24) is 15.4 Å². The first-order chi connectivity index (χ1) is 11.5. The number of halogens is 1. The van der Waals surface area contributed by atoms with E-state index in [1.807, 2.05) is 38.1 Å². The summed E-state index contributed by atoms with van der Waals surface area (Å²) in [5, 5.41) is 16.9. The molecule has 24 heavy (non-hydrogen) atoms. The number of amides is 1. The van der Waals surface area contributed by atoms with Gasteiger partial charge in [0.2, 0.25) is 0 Å². The fourth-order valence-corrected chi connectivity index (χ4v) is 2.55. The number of anilines is 3. The van der Waals surface area contributed by atoms with Crippen LogP contribution in [0.1, 0.15) is 21.6 Å². The molecule has 0 radical (unpaired) electrons. The van der Waals surface area contributed by atoms with Gasteiger partial charge in [0.25, 0.3) is 5.91 Å². The molecule has 3 N–H and O–H groups in total. The third-order valence-corrected chi connectivity index (χ3v) is 3.81. The smallest absolute Gasteiger partial charge is 0.280 e. The van der Waals surface area contributed by atoms with Crippen LogP contribution in [0.25, 0.3) is 0 Å². The molecule has 0 saturated heterocycles. The van der Waals surface area contributed by atoms with E-state index in [0.29, 0.717) is 10.8 Å². The number of carbonyl (C=O) groups is 1. The Morgan fingerprint density at radius 1 is 1.08 bits per heavy atom. The van der Waals surface area contributed by atoms with Gasteiger partial charge in [-0.15, -0.1) is 10.2 Å². The van der Waals surface area contributed by atoms with Gasteiger partial charge in [0.05, 0.1) is 0 Å². The van der Waals surface area contributed by atoms with Crippen LogP contribution in [-0.2, 0) is 0 Å². The number of carbonyl (C=O) groups excluding carboxylic acids is 1. The van der Waals surface area contributed by atoms with Crippen LogP contribution in [0.15, 0.2) is 42.5 Å². The predicted octanol–water partition coefficient (Wildman–Crippen LogP) is 4.07. The lowest BCUT2D eigenvalue weighted by Gasteiger charge is -2.11. The van der Waals surface area contributed by atoms with Gasteiger partial charge in [0.15, 0.2) is 11.5 Å². The summed E-state index contributed by atoms with van der Waals surface area (Å²) in [6.07, 6.45) is 0. The number of para-hydroxylation sites is 1. The van der Waals surface area contributed by atoms with E-state index < -0.39 is 0 Å². The minimum absolute atomic E-state index is 0.178. The highest BCUT2D eigenvalue weighted by molar-refractivity contribution is 6.30. The zero-order valence-electron chi connectivity index (χ0n) is 13.2. The van der Waals surface area contributed by atoms with Gasteiger partial charge in [-0.05, 0) is 43.2 Å². The Bertz CT molecular complexity index is 870. The molecule has 0 fully saturated rings. The fourth-order valence-electron chi connectivity index (χ4n) is 2.36. The third-order valence-electron chi connectivity index (χ3n) is 3.57. The monoisotopic (exact) mass is 341 g/mol. The zero-order chi connectivity index (χ0) is 17.1. The number of nitrogens with zero attached hydrogens (tertiary/aromatic N) is 2. The maximum Gasteiger partial charge on any atom is 0.280 e. The summed E-state index contributed by atoms with van der Waals surface area (Å²) in [7, 11) is 0. The zero-order valence-corrected chi connectivity index (χ0v) is 14.0. The van der Waals surface area contributed by atoms with Gasteiger partial charge < -0.3 is 10.6 Å². The Labute approximate surface area is 144 Å². The van der Waals surface area contributed by atoms with E-state index in [0.717, 1.165) is 22.5 Å². The summed E-state index contributed by atoms with van der Waals surface area (Å²) in [5.74, 6) is -0.00770. The topological polar surface area (TPSA) is 82.7 Å². The molecule has 3 rings (SSSR count). The van der Waals surface area contributed by atoms with Crippen molar-refractivity contribution in [3.63, 3.8) is 0 Å². The predicted molar refractivity (Wildman–Crippen MR) is 95.0 cm³/mol. The summed E-state index contributed by atoms with van der Waals surface area (Å²) in [6.45, 7) is 3.88. The molecular formula is C17H16ClN5O. The Balaban J connectivity index is 1.83. The second-order valence-electron chi connectivity index (χ2n) is 5.38. The number of hydrogen-bond acceptors (Lipinski definition) is 4. The number of aromatic amines is 1. The lowest BCUT2D eigenvalue weighted by Crippen LogP contribution is -2.15. The number of aromatic nitrogens is 3. The van der Waals surface area contributed by atoms with Crippen molar-refractivity contribution in [2.24, 2.45) is 0 Å². The molecule has 0 bridgehead atoms. The van der Waals surface area contributed by atoms with Crippen molar-refractivity contribution >= 4 is 34.7 Å². The van der Waals surface area contributed by atoms with Crippen molar-refractivity contribution in [2.75, 3.05) is 10.6 Å². The quantitative estimate of drug-likeness (QED) is 0.668. The Kier molecular flexibility index (Phi) is 4.48. The molecule has 0 unspecified atom stereocenters. The molecule has 122 valence electrons. The first-order valence-electron chi connectivity index (χ1n) is 7.35. The van der Waals surface area contributed by atoms with Crippen LogP contribution in [0.2, 0.25) is 5.02 Å². The van der Waals surface area contributed by atoms with Crippen molar-refractivity contribution in [3.05, 3.63) is 64.3 Å². The molecule has 0 spiro atoms. The summed E-state index contributed by atoms with van der Waals surface area (Å²) in [6, 6.07) is 13.0. The van der Waals surface area contributed by atoms with E-state index in [9.17, 15) is 4.79 Å². The van der Waals surface area contributed by atoms with E-state index >= 15 is 0 Å². The minimum atomic E-state index is -0.342. The minimum Gasteiger partial charge on any atom is -0.337 e. The van der Waals surface area contributed by atoms with Gasteiger partial charge in [0, 0.05) is 16.4 Å². The van der Waals surface area contributed by atoms with E-state index in [-0.39, 0.29) is 11.6 Å². The van der Waals surface area contributed by atoms with Crippen LogP contribution in [-0.4, -0.2) is 21.3 Å². The molecule has 6 nitrogen and oxygen atoms in total. The highest BCUT2D eigenvalue weighted by Gasteiger charge is 2.18. The maximum absolute atomic E-state index is 12.6. The summed E-state index contributed by atoms with van der Waals surface area (Å²) in [5.41, 5.74) is 3.64. The van der Waals surface area contributed by atoms with Crippen LogP contribution < -0.4 is 10.6 Å². The van der Waals surface area contributed by atoms with Crippen LogP contribution in [0, 0.1) is 13.8 Å². The molecule has 0 atom stereocenters. The van der Waals surface area contributed by atoms with Crippen molar-refractivity contribution < 1.29 is 4.79 Å². The van der Waals surface area contributed by atoms with E-state index in [1.54, 1.807) is 18.2 Å². The van der Waals surface area contributed by atoms with Crippen LogP contribution >= 0.6 is 11.6 Å². The number of nitrogens with one attached hydrogen (secondary N) is 3. The fraction of sp³-hybridized carbons (Fsp3) is 0.118. The van der Waals surface area contributed by atoms with E-state index in [1.165, 1.54) is 0 Å². The van der Waals surface area contributed by atoms with Crippen LogP contribution in [0.3, 0.4) is 0 Å². The lowest BCUT2D eigenvalue weighted by atomic mass is 10.1. The maximum atomic E-state index is 12.6. The van der Waals surface area contributed by atoms with Crippen molar-refractivity contribution in [3.8, 4) is 0 Å².